The number of nitrogens with zero attached hydrogens (tertiary/aromatic N) is 7. The SMILES string of the molecule is CN(C)C=O.CN1CC=C(c2cc(SNC3(C4CC4)CC3)cn3c(-c4nnc(C5(C#N)CC5)s4)cnc23)CC1. The normalized spacial score (nSPS) is 20.9. The van der Waals surface area contributed by atoms with Crippen LogP contribution in [0, 0.1) is 17.2 Å². The van der Waals surface area contributed by atoms with Crippen molar-refractivity contribution in [3.8, 4) is 16.8 Å². The molecule has 0 spiro atoms. The van der Waals surface area contributed by atoms with Crippen molar-refractivity contribution in [2.45, 2.75) is 60.8 Å². The third-order valence-corrected chi connectivity index (χ3v) is 10.2. The van der Waals surface area contributed by atoms with E-state index in [9.17, 15) is 10.1 Å². The lowest BCUT2D eigenvalue weighted by molar-refractivity contribution is -0.115. The Morgan fingerprint density at radius 3 is 2.62 bits per heavy atom. The molecule has 11 heteroatoms. The third kappa shape index (κ3) is 5.35. The number of carbonyl (C=O) groups is 1. The molecule has 7 rings (SSSR count). The molecule has 0 unspecified atom stereocenters. The monoisotopic (exact) mass is 562 g/mol. The maximum absolute atomic E-state index is 9.58. The number of nitrogens with one attached hydrogen (secondary N) is 1. The summed E-state index contributed by atoms with van der Waals surface area (Å²) in [6, 6.07) is 4.75. The van der Waals surface area contributed by atoms with Gasteiger partial charge in [0.2, 0.25) is 6.41 Å². The smallest absolute Gasteiger partial charge is 0.209 e. The Kier molecular flexibility index (Phi) is 7.00. The molecular weight excluding hydrogens is 528 g/mol. The molecule has 9 nitrogen and oxygen atoms in total. The molecule has 1 N–H and O–H groups in total. The molecule has 1 amide bonds. The first kappa shape index (κ1) is 26.4. The largest absolute Gasteiger partial charge is 0.351 e. The van der Waals surface area contributed by atoms with Crippen LogP contribution in [0.3, 0.4) is 0 Å². The molecule has 0 radical (unpaired) electrons. The van der Waals surface area contributed by atoms with Gasteiger partial charge in [-0.05, 0) is 81.5 Å². The summed E-state index contributed by atoms with van der Waals surface area (Å²) < 4.78 is 6.02. The van der Waals surface area contributed by atoms with Gasteiger partial charge >= 0.3 is 0 Å². The van der Waals surface area contributed by atoms with Crippen molar-refractivity contribution in [2.75, 3.05) is 34.2 Å². The fourth-order valence-corrected chi connectivity index (χ4v) is 7.15. The zero-order chi connectivity index (χ0) is 27.2. The summed E-state index contributed by atoms with van der Waals surface area (Å²) in [5, 5.41) is 20.1. The molecule has 3 aromatic rings. The number of hydrogen-bond donors (Lipinski definition) is 1. The minimum Gasteiger partial charge on any atom is -0.351 e. The lowest BCUT2D eigenvalue weighted by atomic mass is 10.0. The van der Waals surface area contributed by atoms with Gasteiger partial charge in [0.1, 0.15) is 21.8 Å². The summed E-state index contributed by atoms with van der Waals surface area (Å²) in [5.41, 5.74) is 4.44. The number of aromatic nitrogens is 4. The summed E-state index contributed by atoms with van der Waals surface area (Å²) in [5.74, 6) is 0.860. The van der Waals surface area contributed by atoms with E-state index in [1.807, 2.05) is 6.20 Å². The van der Waals surface area contributed by atoms with E-state index >= 15 is 0 Å². The van der Waals surface area contributed by atoms with Crippen LogP contribution < -0.4 is 4.72 Å². The van der Waals surface area contributed by atoms with Crippen LogP contribution in [0.1, 0.15) is 55.5 Å². The lowest BCUT2D eigenvalue weighted by Gasteiger charge is -2.23. The first-order valence-corrected chi connectivity index (χ1v) is 15.2. The molecule has 3 aromatic heterocycles. The van der Waals surface area contributed by atoms with E-state index in [0.29, 0.717) is 5.54 Å². The number of hydrogen-bond acceptors (Lipinski definition) is 9. The Balaban J connectivity index is 0.000000510. The quantitative estimate of drug-likeness (QED) is 0.319. The number of likely N-dealkylation sites (N-methyl/N-ethyl adjacent to an activating group) is 1. The van der Waals surface area contributed by atoms with Crippen molar-refractivity contribution in [1.82, 2.24) is 34.1 Å². The van der Waals surface area contributed by atoms with E-state index in [4.69, 9.17) is 4.98 Å². The number of fused-ring (bicyclic) bond motifs is 1. The highest BCUT2D eigenvalue weighted by atomic mass is 32.2. The van der Waals surface area contributed by atoms with Crippen LogP contribution in [-0.4, -0.2) is 75.6 Å². The predicted octanol–water partition coefficient (Wildman–Crippen LogP) is 4.37. The second-order valence-corrected chi connectivity index (χ2v) is 13.3. The van der Waals surface area contributed by atoms with E-state index in [0.717, 1.165) is 66.0 Å². The van der Waals surface area contributed by atoms with Gasteiger partial charge in [-0.1, -0.05) is 17.4 Å². The maximum Gasteiger partial charge on any atom is 0.209 e. The highest BCUT2D eigenvalue weighted by Crippen LogP contribution is 2.55. The first-order chi connectivity index (χ1) is 18.9. The van der Waals surface area contributed by atoms with Gasteiger partial charge in [0.15, 0.2) is 5.01 Å². The number of rotatable bonds is 8. The van der Waals surface area contributed by atoms with E-state index < -0.39 is 5.41 Å². The topological polar surface area (TPSA) is 102 Å². The van der Waals surface area contributed by atoms with Crippen LogP contribution in [0.15, 0.2) is 29.4 Å². The van der Waals surface area contributed by atoms with Gasteiger partial charge in [0, 0.05) is 49.4 Å². The van der Waals surface area contributed by atoms with Gasteiger partial charge in [-0.2, -0.15) is 5.26 Å². The molecule has 0 atom stereocenters. The Morgan fingerprint density at radius 1 is 1.26 bits per heavy atom. The van der Waals surface area contributed by atoms with Gasteiger partial charge in [-0.25, -0.2) is 4.98 Å². The summed E-state index contributed by atoms with van der Waals surface area (Å²) >= 11 is 3.31. The lowest BCUT2D eigenvalue weighted by Crippen LogP contribution is -2.27. The minimum absolute atomic E-state index is 0.356. The molecule has 4 heterocycles. The number of amides is 1. The van der Waals surface area contributed by atoms with Crippen LogP contribution in [-0.2, 0) is 10.2 Å². The number of nitriles is 1. The van der Waals surface area contributed by atoms with Crippen molar-refractivity contribution >= 4 is 40.9 Å². The maximum atomic E-state index is 9.58. The molecule has 4 aliphatic rings. The second-order valence-electron chi connectivity index (χ2n) is 11.5. The van der Waals surface area contributed by atoms with Crippen LogP contribution in [0.4, 0.5) is 0 Å². The summed E-state index contributed by atoms with van der Waals surface area (Å²) in [6.45, 7) is 2.02. The molecule has 3 saturated carbocycles. The molecule has 0 aromatic carbocycles. The Bertz CT molecular complexity index is 1460. The molecule has 0 bridgehead atoms. The summed E-state index contributed by atoms with van der Waals surface area (Å²) in [7, 11) is 5.54. The number of pyridine rings is 1. The van der Waals surface area contributed by atoms with Crippen molar-refractivity contribution in [3.63, 3.8) is 0 Å². The third-order valence-electron chi connectivity index (χ3n) is 8.09. The second kappa shape index (κ2) is 10.3. The van der Waals surface area contributed by atoms with Crippen LogP contribution in [0.5, 0.6) is 0 Å². The van der Waals surface area contributed by atoms with E-state index in [1.165, 1.54) is 58.0 Å². The molecule has 1 aliphatic heterocycles. The van der Waals surface area contributed by atoms with Gasteiger partial charge in [0.25, 0.3) is 0 Å². The summed E-state index contributed by atoms with van der Waals surface area (Å²) in [4.78, 5) is 19.3. The standard InChI is InChI=1S/C25H27N7S2.C3H7NO/c1-31-10-4-16(5-11-31)19-12-18(34-30-25(8-9-25)17-2-3-17)14-32-20(13-27-21(19)32)22-28-29-23(33-22)24(15-26)6-7-24;1-4(2)3-5/h4,12-14,17,30H,2-3,5-11H2,1H3;3H,1-2H3. The molecule has 39 heavy (non-hydrogen) atoms. The highest BCUT2D eigenvalue weighted by molar-refractivity contribution is 7.97. The van der Waals surface area contributed by atoms with Crippen molar-refractivity contribution in [3.05, 3.63) is 35.1 Å². The Hall–Kier alpha value is -2.78. The molecular formula is C28H34N8OS2. The van der Waals surface area contributed by atoms with E-state index in [1.54, 1.807) is 26.0 Å². The van der Waals surface area contributed by atoms with Crippen molar-refractivity contribution in [1.29, 1.82) is 5.26 Å². The molecule has 3 fully saturated rings. The van der Waals surface area contributed by atoms with Crippen LogP contribution in [0.2, 0.25) is 0 Å². The van der Waals surface area contributed by atoms with Crippen molar-refractivity contribution in [2.24, 2.45) is 5.92 Å². The first-order valence-electron chi connectivity index (χ1n) is 13.6. The van der Waals surface area contributed by atoms with Gasteiger partial charge in [-0.15, -0.1) is 10.2 Å². The fraction of sp³-hybridized carbons (Fsp3) is 0.536. The van der Waals surface area contributed by atoms with E-state index in [2.05, 4.69) is 55.7 Å². The predicted molar refractivity (Wildman–Crippen MR) is 154 cm³/mol. The van der Waals surface area contributed by atoms with Gasteiger partial charge in [-0.3, -0.25) is 13.9 Å². The number of imidazole rings is 1. The van der Waals surface area contributed by atoms with E-state index in [-0.39, 0.29) is 0 Å². The Labute approximate surface area is 237 Å². The van der Waals surface area contributed by atoms with Gasteiger partial charge < -0.3 is 9.80 Å². The van der Waals surface area contributed by atoms with Crippen molar-refractivity contribution < 1.29 is 4.79 Å². The minimum atomic E-state index is -0.410. The summed E-state index contributed by atoms with van der Waals surface area (Å²) in [6.07, 6.45) is 15.3. The Morgan fingerprint density at radius 2 is 2.03 bits per heavy atom. The zero-order valence-electron chi connectivity index (χ0n) is 22.7. The average molecular weight is 563 g/mol. The average Bonchev–Trinajstić information content (AvgIpc) is 3.88. The fourth-order valence-electron chi connectivity index (χ4n) is 5.07. The van der Waals surface area contributed by atoms with Crippen LogP contribution in [0.25, 0.3) is 21.9 Å². The van der Waals surface area contributed by atoms with Gasteiger partial charge in [0.05, 0.1) is 12.3 Å². The van der Waals surface area contributed by atoms with Crippen LogP contribution >= 0.6 is 23.3 Å². The highest BCUT2D eigenvalue weighted by Gasteiger charge is 2.54. The molecule has 3 aliphatic carbocycles. The molecule has 0 saturated heterocycles. The zero-order valence-corrected chi connectivity index (χ0v) is 24.3. The molecule has 204 valence electrons. The number of carbonyl (C=O) groups excluding carboxylic acids is 1.